The van der Waals surface area contributed by atoms with Crippen LogP contribution in [-0.4, -0.2) is 22.4 Å². The van der Waals surface area contributed by atoms with Crippen LogP contribution < -0.4 is 5.32 Å². The summed E-state index contributed by atoms with van der Waals surface area (Å²) in [4.78, 5) is 0. The van der Waals surface area contributed by atoms with Crippen molar-refractivity contribution in [2.45, 2.75) is 38.6 Å². The average Bonchev–Trinajstić information content (AvgIpc) is 2.84. The van der Waals surface area contributed by atoms with Gasteiger partial charge >= 0.3 is 0 Å². The number of benzene rings is 1. The van der Waals surface area contributed by atoms with E-state index in [1.807, 2.05) is 17.9 Å². The Morgan fingerprint density at radius 1 is 1.33 bits per heavy atom. The fraction of sp³-hybridized carbons (Fsp3) is 0.471. The van der Waals surface area contributed by atoms with E-state index in [0.29, 0.717) is 12.0 Å². The number of aromatic nitrogens is 2. The maximum absolute atomic E-state index is 4.25. The van der Waals surface area contributed by atoms with Gasteiger partial charge in [-0.3, -0.25) is 4.68 Å². The van der Waals surface area contributed by atoms with Crippen LogP contribution in [0.1, 0.15) is 37.3 Å². The van der Waals surface area contributed by atoms with Crippen LogP contribution in [0.4, 0.5) is 0 Å². The molecule has 0 bridgehead atoms. The lowest BCUT2D eigenvalue weighted by molar-refractivity contribution is 0.508. The predicted octanol–water partition coefficient (Wildman–Crippen LogP) is 3.90. The van der Waals surface area contributed by atoms with Crippen molar-refractivity contribution in [3.63, 3.8) is 0 Å². The molecule has 1 aromatic carbocycles. The molecule has 21 heavy (non-hydrogen) atoms. The highest BCUT2D eigenvalue weighted by Gasteiger charge is 2.13. The molecule has 1 N–H and O–H groups in total. The zero-order chi connectivity index (χ0) is 15.2. The van der Waals surface area contributed by atoms with Crippen molar-refractivity contribution >= 4 is 15.9 Å². The van der Waals surface area contributed by atoms with E-state index >= 15 is 0 Å². The van der Waals surface area contributed by atoms with E-state index in [0.717, 1.165) is 23.9 Å². The van der Waals surface area contributed by atoms with Crippen LogP contribution in [0.3, 0.4) is 0 Å². The van der Waals surface area contributed by atoms with E-state index in [9.17, 15) is 0 Å². The van der Waals surface area contributed by atoms with Gasteiger partial charge in [0.15, 0.2) is 0 Å². The normalized spacial score (nSPS) is 12.8. The van der Waals surface area contributed by atoms with Crippen molar-refractivity contribution < 1.29 is 0 Å². The summed E-state index contributed by atoms with van der Waals surface area (Å²) in [5, 5.41) is 7.82. The number of nitrogens with one attached hydrogen (secondary N) is 1. The van der Waals surface area contributed by atoms with E-state index in [-0.39, 0.29) is 0 Å². The molecular weight excluding hydrogens is 326 g/mol. The second-order valence-electron chi connectivity index (χ2n) is 5.88. The topological polar surface area (TPSA) is 29.9 Å². The van der Waals surface area contributed by atoms with Gasteiger partial charge in [0.1, 0.15) is 0 Å². The third-order valence-electron chi connectivity index (χ3n) is 3.63. The van der Waals surface area contributed by atoms with E-state index < -0.39 is 0 Å². The smallest absolute Gasteiger partial charge is 0.0521 e. The van der Waals surface area contributed by atoms with Crippen LogP contribution in [-0.2, 0) is 13.5 Å². The van der Waals surface area contributed by atoms with E-state index in [4.69, 9.17) is 0 Å². The zero-order valence-electron chi connectivity index (χ0n) is 13.0. The predicted molar refractivity (Wildman–Crippen MR) is 91.6 cm³/mol. The SMILES string of the molecule is CC(C)NCC(CCc1cnn(C)c1)c1cccc(Br)c1. The Hall–Kier alpha value is -1.13. The first-order valence-electron chi connectivity index (χ1n) is 7.51. The Balaban J connectivity index is 2.04. The van der Waals surface area contributed by atoms with Crippen LogP contribution in [0.15, 0.2) is 41.1 Å². The molecule has 114 valence electrons. The van der Waals surface area contributed by atoms with Crippen LogP contribution in [0.2, 0.25) is 0 Å². The summed E-state index contributed by atoms with van der Waals surface area (Å²) in [7, 11) is 1.97. The van der Waals surface area contributed by atoms with Gasteiger partial charge in [-0.25, -0.2) is 0 Å². The lowest BCUT2D eigenvalue weighted by Gasteiger charge is -2.20. The molecule has 0 fully saturated rings. The summed E-state index contributed by atoms with van der Waals surface area (Å²) in [5.41, 5.74) is 2.70. The summed E-state index contributed by atoms with van der Waals surface area (Å²) >= 11 is 3.58. The van der Waals surface area contributed by atoms with Crippen molar-refractivity contribution in [3.8, 4) is 0 Å². The second-order valence-corrected chi connectivity index (χ2v) is 6.79. The zero-order valence-corrected chi connectivity index (χ0v) is 14.6. The van der Waals surface area contributed by atoms with Crippen LogP contribution >= 0.6 is 15.9 Å². The van der Waals surface area contributed by atoms with Crippen molar-refractivity contribution in [1.82, 2.24) is 15.1 Å². The molecule has 0 saturated heterocycles. The largest absolute Gasteiger partial charge is 0.314 e. The first-order valence-corrected chi connectivity index (χ1v) is 8.30. The summed E-state index contributed by atoms with van der Waals surface area (Å²) < 4.78 is 3.02. The van der Waals surface area contributed by atoms with Gasteiger partial charge in [0.05, 0.1) is 6.20 Å². The highest BCUT2D eigenvalue weighted by Crippen LogP contribution is 2.24. The Morgan fingerprint density at radius 2 is 2.14 bits per heavy atom. The minimum absolute atomic E-state index is 0.512. The minimum atomic E-state index is 0.512. The number of rotatable bonds is 7. The van der Waals surface area contributed by atoms with Gasteiger partial charge in [0.2, 0.25) is 0 Å². The third kappa shape index (κ3) is 5.29. The highest BCUT2D eigenvalue weighted by atomic mass is 79.9. The van der Waals surface area contributed by atoms with Crippen LogP contribution in [0.5, 0.6) is 0 Å². The molecule has 2 rings (SSSR count). The van der Waals surface area contributed by atoms with Gasteiger partial charge in [-0.1, -0.05) is 41.9 Å². The number of aryl methyl sites for hydroxylation is 2. The monoisotopic (exact) mass is 349 g/mol. The van der Waals surface area contributed by atoms with Gasteiger partial charge in [-0.05, 0) is 42.0 Å². The summed E-state index contributed by atoms with van der Waals surface area (Å²) in [6, 6.07) is 9.16. The van der Waals surface area contributed by atoms with Gasteiger partial charge < -0.3 is 5.32 Å². The molecule has 0 aliphatic carbocycles. The molecule has 0 amide bonds. The number of hydrogen-bond acceptors (Lipinski definition) is 2. The number of hydrogen-bond donors (Lipinski definition) is 1. The van der Waals surface area contributed by atoms with Gasteiger partial charge in [-0.15, -0.1) is 0 Å². The Labute approximate surface area is 135 Å². The summed E-state index contributed by atoms with van der Waals surface area (Å²) in [5.74, 6) is 0.519. The highest BCUT2D eigenvalue weighted by molar-refractivity contribution is 9.10. The first kappa shape index (κ1) is 16.2. The first-order chi connectivity index (χ1) is 10.0. The molecule has 1 atom stereocenters. The van der Waals surface area contributed by atoms with Gasteiger partial charge in [0.25, 0.3) is 0 Å². The standard InChI is InChI=1S/C17H24BrN3/c1-13(2)19-11-16(15-5-4-6-17(18)9-15)8-7-14-10-20-21(3)12-14/h4-6,9-10,12-13,16,19H,7-8,11H2,1-3H3. The molecule has 3 nitrogen and oxygen atoms in total. The van der Waals surface area contributed by atoms with Crippen LogP contribution in [0.25, 0.3) is 0 Å². The molecule has 2 aromatic rings. The number of halogens is 1. The number of nitrogens with zero attached hydrogens (tertiary/aromatic N) is 2. The maximum Gasteiger partial charge on any atom is 0.0521 e. The Kier molecular flexibility index (Phi) is 6.00. The van der Waals surface area contributed by atoms with Crippen molar-refractivity contribution in [3.05, 3.63) is 52.3 Å². The fourth-order valence-corrected chi connectivity index (χ4v) is 2.88. The molecule has 0 spiro atoms. The van der Waals surface area contributed by atoms with E-state index in [1.54, 1.807) is 0 Å². The molecule has 0 radical (unpaired) electrons. The summed E-state index contributed by atoms with van der Waals surface area (Å²) in [6.45, 7) is 5.40. The third-order valence-corrected chi connectivity index (χ3v) is 4.13. The molecular formula is C17H24BrN3. The van der Waals surface area contributed by atoms with E-state index in [1.165, 1.54) is 11.1 Å². The van der Waals surface area contributed by atoms with Crippen molar-refractivity contribution in [1.29, 1.82) is 0 Å². The Bertz CT molecular complexity index is 563. The molecule has 0 aliphatic rings. The quantitative estimate of drug-likeness (QED) is 0.821. The average molecular weight is 350 g/mol. The molecule has 1 heterocycles. The van der Waals surface area contributed by atoms with Gasteiger partial charge in [0, 0.05) is 30.3 Å². The van der Waals surface area contributed by atoms with E-state index in [2.05, 4.69) is 70.7 Å². The lowest BCUT2D eigenvalue weighted by atomic mass is 9.92. The Morgan fingerprint density at radius 3 is 2.76 bits per heavy atom. The van der Waals surface area contributed by atoms with Crippen molar-refractivity contribution in [2.75, 3.05) is 6.54 Å². The maximum atomic E-state index is 4.25. The van der Waals surface area contributed by atoms with Crippen LogP contribution in [0, 0.1) is 0 Å². The molecule has 1 unspecified atom stereocenters. The lowest BCUT2D eigenvalue weighted by Crippen LogP contribution is -2.28. The van der Waals surface area contributed by atoms with Gasteiger partial charge in [-0.2, -0.15) is 5.10 Å². The van der Waals surface area contributed by atoms with Crippen molar-refractivity contribution in [2.24, 2.45) is 7.05 Å². The molecule has 0 saturated carbocycles. The fourth-order valence-electron chi connectivity index (χ4n) is 2.47. The minimum Gasteiger partial charge on any atom is -0.314 e. The summed E-state index contributed by atoms with van der Waals surface area (Å²) in [6.07, 6.45) is 6.26. The molecule has 4 heteroatoms. The second kappa shape index (κ2) is 7.76. The molecule has 1 aromatic heterocycles. The molecule has 0 aliphatic heterocycles.